The largest absolute Gasteiger partial charge is 0.307 e. The van der Waals surface area contributed by atoms with Crippen LogP contribution in [0.5, 0.6) is 0 Å². The number of sulfone groups is 1. The lowest BCUT2D eigenvalue weighted by Crippen LogP contribution is -2.55. The normalized spacial score (nSPS) is 15.5. The van der Waals surface area contributed by atoms with Crippen LogP contribution in [-0.2, 0) is 16.4 Å². The standard InChI is InChI=1S/C19H22N6O2S/c1-25-11-15(12-25)20-10-13-6-8-14(9-7-13)16-4-3-5-17(28(2,26)27)18(16)19-21-23-24-22-19/h3-9,15,20H,10-12H2,1-2H3,(H,21,22,23,24). The van der Waals surface area contributed by atoms with Crippen molar-refractivity contribution < 1.29 is 8.42 Å². The quantitative estimate of drug-likeness (QED) is 0.646. The van der Waals surface area contributed by atoms with E-state index in [0.717, 1.165) is 30.8 Å². The van der Waals surface area contributed by atoms with E-state index in [4.69, 9.17) is 0 Å². The van der Waals surface area contributed by atoms with Crippen molar-refractivity contribution in [3.05, 3.63) is 48.0 Å². The molecule has 1 fully saturated rings. The minimum atomic E-state index is -3.45. The van der Waals surface area contributed by atoms with Crippen LogP contribution in [0.2, 0.25) is 0 Å². The summed E-state index contributed by atoms with van der Waals surface area (Å²) in [5, 5.41) is 17.5. The van der Waals surface area contributed by atoms with E-state index in [2.05, 4.69) is 50.0 Å². The van der Waals surface area contributed by atoms with Gasteiger partial charge >= 0.3 is 0 Å². The van der Waals surface area contributed by atoms with Crippen LogP contribution in [-0.4, -0.2) is 66.4 Å². The number of hydrogen-bond acceptors (Lipinski definition) is 7. The topological polar surface area (TPSA) is 104 Å². The highest BCUT2D eigenvalue weighted by Crippen LogP contribution is 2.35. The molecule has 0 radical (unpaired) electrons. The summed E-state index contributed by atoms with van der Waals surface area (Å²) in [5.41, 5.74) is 3.29. The molecule has 0 atom stereocenters. The van der Waals surface area contributed by atoms with Crippen LogP contribution in [0.3, 0.4) is 0 Å². The van der Waals surface area contributed by atoms with E-state index >= 15 is 0 Å². The first kappa shape index (κ1) is 18.7. The number of H-pyrrole nitrogens is 1. The number of benzene rings is 2. The molecular formula is C19H22N6O2S. The van der Waals surface area contributed by atoms with E-state index in [-0.39, 0.29) is 10.7 Å². The van der Waals surface area contributed by atoms with Crippen LogP contribution in [0.25, 0.3) is 22.5 Å². The maximum atomic E-state index is 12.3. The van der Waals surface area contributed by atoms with Crippen LogP contribution in [0.15, 0.2) is 47.4 Å². The van der Waals surface area contributed by atoms with Crippen molar-refractivity contribution in [2.75, 3.05) is 26.4 Å². The van der Waals surface area contributed by atoms with Gasteiger partial charge in [-0.15, -0.1) is 10.2 Å². The highest BCUT2D eigenvalue weighted by molar-refractivity contribution is 7.90. The lowest BCUT2D eigenvalue weighted by molar-refractivity contribution is 0.161. The van der Waals surface area contributed by atoms with Crippen LogP contribution < -0.4 is 5.32 Å². The zero-order valence-corrected chi connectivity index (χ0v) is 16.6. The first-order valence-corrected chi connectivity index (χ1v) is 10.9. The molecule has 1 saturated heterocycles. The maximum Gasteiger partial charge on any atom is 0.206 e. The third kappa shape index (κ3) is 3.82. The second kappa shape index (κ2) is 7.42. The fourth-order valence-corrected chi connectivity index (χ4v) is 4.37. The lowest BCUT2D eigenvalue weighted by Gasteiger charge is -2.36. The molecule has 1 aliphatic rings. The zero-order chi connectivity index (χ0) is 19.7. The Kier molecular flexibility index (Phi) is 4.96. The number of nitrogens with zero attached hydrogens (tertiary/aromatic N) is 4. The van der Waals surface area contributed by atoms with Gasteiger partial charge < -0.3 is 10.2 Å². The van der Waals surface area contributed by atoms with Gasteiger partial charge in [0.05, 0.1) is 4.90 Å². The second-order valence-corrected chi connectivity index (χ2v) is 9.17. The summed E-state index contributed by atoms with van der Waals surface area (Å²) in [4.78, 5) is 2.46. The summed E-state index contributed by atoms with van der Waals surface area (Å²) in [5.74, 6) is 0.260. The van der Waals surface area contributed by atoms with Gasteiger partial charge in [-0.05, 0) is 35.0 Å². The lowest BCUT2D eigenvalue weighted by atomic mass is 9.98. The number of aromatic nitrogens is 4. The number of hydrogen-bond donors (Lipinski definition) is 2. The van der Waals surface area contributed by atoms with E-state index in [1.165, 1.54) is 11.8 Å². The molecule has 4 rings (SSSR count). The van der Waals surface area contributed by atoms with Crippen molar-refractivity contribution in [1.29, 1.82) is 0 Å². The molecule has 3 aromatic rings. The molecule has 1 aliphatic heterocycles. The van der Waals surface area contributed by atoms with E-state index in [1.807, 2.05) is 18.2 Å². The first-order valence-electron chi connectivity index (χ1n) is 9.00. The van der Waals surface area contributed by atoms with Crippen molar-refractivity contribution >= 4 is 9.84 Å². The van der Waals surface area contributed by atoms with E-state index < -0.39 is 9.84 Å². The Hall–Kier alpha value is -2.62. The summed E-state index contributed by atoms with van der Waals surface area (Å²) in [6.45, 7) is 2.95. The zero-order valence-electron chi connectivity index (χ0n) is 15.8. The Morgan fingerprint density at radius 3 is 2.54 bits per heavy atom. The SMILES string of the molecule is CN1CC(NCc2ccc(-c3cccc(S(C)(=O)=O)c3-c3nn[nH]n3)cc2)C1. The van der Waals surface area contributed by atoms with Crippen molar-refractivity contribution in [2.45, 2.75) is 17.5 Å². The summed E-state index contributed by atoms with van der Waals surface area (Å²) in [6.07, 6.45) is 1.18. The summed E-state index contributed by atoms with van der Waals surface area (Å²) < 4.78 is 24.6. The smallest absolute Gasteiger partial charge is 0.206 e. The predicted octanol–water partition coefficient (Wildman–Crippen LogP) is 1.34. The summed E-state index contributed by atoms with van der Waals surface area (Å²) >= 11 is 0. The predicted molar refractivity (Wildman–Crippen MR) is 106 cm³/mol. The molecule has 0 unspecified atom stereocenters. The number of likely N-dealkylation sites (N-methyl/N-ethyl adjacent to an activating group) is 1. The fourth-order valence-electron chi connectivity index (χ4n) is 3.47. The fraction of sp³-hybridized carbons (Fsp3) is 0.316. The molecule has 9 heteroatoms. The number of aromatic amines is 1. The molecule has 146 valence electrons. The Morgan fingerprint density at radius 1 is 1.18 bits per heavy atom. The van der Waals surface area contributed by atoms with Crippen LogP contribution in [0, 0.1) is 0 Å². The molecular weight excluding hydrogens is 376 g/mol. The van der Waals surface area contributed by atoms with E-state index in [1.54, 1.807) is 12.1 Å². The Labute approximate surface area is 163 Å². The molecule has 2 N–H and O–H groups in total. The molecule has 0 aliphatic carbocycles. The minimum Gasteiger partial charge on any atom is -0.307 e. The monoisotopic (exact) mass is 398 g/mol. The second-order valence-electron chi connectivity index (χ2n) is 7.18. The highest BCUT2D eigenvalue weighted by Gasteiger charge is 2.23. The molecule has 0 bridgehead atoms. The van der Waals surface area contributed by atoms with Gasteiger partial charge in [-0.3, -0.25) is 0 Å². The van der Waals surface area contributed by atoms with E-state index in [9.17, 15) is 8.42 Å². The number of nitrogens with one attached hydrogen (secondary N) is 2. The average Bonchev–Trinajstić information content (AvgIpc) is 3.18. The van der Waals surface area contributed by atoms with Gasteiger partial charge in [0, 0.05) is 37.5 Å². The maximum absolute atomic E-state index is 12.3. The van der Waals surface area contributed by atoms with Gasteiger partial charge in [-0.1, -0.05) is 36.4 Å². The van der Waals surface area contributed by atoms with Gasteiger partial charge in [0.1, 0.15) is 0 Å². The van der Waals surface area contributed by atoms with Gasteiger partial charge in [-0.2, -0.15) is 5.21 Å². The first-order chi connectivity index (χ1) is 13.4. The highest BCUT2D eigenvalue weighted by atomic mass is 32.2. The van der Waals surface area contributed by atoms with E-state index in [0.29, 0.717) is 11.6 Å². The molecule has 0 amide bonds. The van der Waals surface area contributed by atoms with Crippen molar-refractivity contribution in [3.8, 4) is 22.5 Å². The summed E-state index contributed by atoms with van der Waals surface area (Å²) in [6, 6.07) is 13.8. The average molecular weight is 398 g/mol. The van der Waals surface area contributed by atoms with Gasteiger partial charge in [-0.25, -0.2) is 8.42 Å². The molecule has 1 aromatic heterocycles. The van der Waals surface area contributed by atoms with Crippen molar-refractivity contribution in [3.63, 3.8) is 0 Å². The van der Waals surface area contributed by atoms with Gasteiger partial charge in [0.2, 0.25) is 5.82 Å². The Morgan fingerprint density at radius 2 is 1.93 bits per heavy atom. The Balaban J connectivity index is 1.65. The molecule has 0 spiro atoms. The molecule has 0 saturated carbocycles. The van der Waals surface area contributed by atoms with Gasteiger partial charge in [0.15, 0.2) is 9.84 Å². The number of tetrazole rings is 1. The summed E-state index contributed by atoms with van der Waals surface area (Å²) in [7, 11) is -1.34. The molecule has 2 heterocycles. The third-order valence-corrected chi connectivity index (χ3v) is 6.06. The third-order valence-electron chi connectivity index (χ3n) is 4.92. The van der Waals surface area contributed by atoms with Gasteiger partial charge in [0.25, 0.3) is 0 Å². The van der Waals surface area contributed by atoms with Crippen molar-refractivity contribution in [2.24, 2.45) is 0 Å². The van der Waals surface area contributed by atoms with Crippen LogP contribution >= 0.6 is 0 Å². The number of likely N-dealkylation sites (tertiary alicyclic amines) is 1. The Bertz CT molecular complexity index is 1060. The minimum absolute atomic E-state index is 0.186. The van der Waals surface area contributed by atoms with Crippen molar-refractivity contribution in [1.82, 2.24) is 30.8 Å². The molecule has 2 aromatic carbocycles. The van der Waals surface area contributed by atoms with Crippen LogP contribution in [0.1, 0.15) is 5.56 Å². The molecule has 28 heavy (non-hydrogen) atoms. The number of rotatable bonds is 6. The van der Waals surface area contributed by atoms with Crippen LogP contribution in [0.4, 0.5) is 0 Å². The molecule has 8 nitrogen and oxygen atoms in total.